The molecule has 2 heterocycles. The predicted molar refractivity (Wildman–Crippen MR) is 94.5 cm³/mol. The highest BCUT2D eigenvalue weighted by Crippen LogP contribution is 2.36. The van der Waals surface area contributed by atoms with E-state index in [2.05, 4.69) is 20.6 Å². The summed E-state index contributed by atoms with van der Waals surface area (Å²) < 4.78 is 11.5. The molecule has 1 aliphatic heterocycles. The Hall–Kier alpha value is -1.21. The van der Waals surface area contributed by atoms with Crippen LogP contribution < -0.4 is 10.6 Å². The lowest BCUT2D eigenvalue weighted by Crippen LogP contribution is -2.55. The number of rotatable bonds is 4. The Labute approximate surface area is 149 Å². The summed E-state index contributed by atoms with van der Waals surface area (Å²) in [7, 11) is -1.16. The van der Waals surface area contributed by atoms with E-state index < -0.39 is 10.8 Å². The minimum Gasteiger partial charge on any atom is -0.353 e. The Morgan fingerprint density at radius 3 is 2.96 bits per heavy atom. The first kappa shape index (κ1) is 17.6. The van der Waals surface area contributed by atoms with Gasteiger partial charge in [-0.1, -0.05) is 0 Å². The molecule has 1 aromatic rings. The fraction of sp³-hybridized carbons (Fsp3) is 0.688. The normalized spacial score (nSPS) is 32.4. The molecule has 1 amide bonds. The van der Waals surface area contributed by atoms with E-state index in [-0.39, 0.29) is 29.3 Å². The van der Waals surface area contributed by atoms with Gasteiger partial charge >= 0.3 is 0 Å². The standard InChI is InChI=1S/C16H23ClN4O2S/c1-9(19-16-18-6-5-14(21-16)24(2)23)12-8-10-7-11(17)3-4-13(10)20-15(12)22/h5-6,9-13H,3-4,7-8H2,1-2H3,(H,20,22)(H,18,19,21)/t9-,10?,11?,12?,13?,24+/m0/s1. The SMILES string of the molecule is C[C@H](Nc1nccc([S@@](C)=O)n1)C1CC2CC(Cl)CCC2NC1=O. The molecule has 1 aromatic heterocycles. The van der Waals surface area contributed by atoms with Crippen LogP contribution in [0.25, 0.3) is 0 Å². The van der Waals surface area contributed by atoms with Crippen molar-refractivity contribution in [3.05, 3.63) is 12.3 Å². The molecule has 3 rings (SSSR count). The number of hydrogen-bond acceptors (Lipinski definition) is 5. The van der Waals surface area contributed by atoms with Crippen molar-refractivity contribution in [1.29, 1.82) is 0 Å². The van der Waals surface area contributed by atoms with Crippen LogP contribution in [0.5, 0.6) is 0 Å². The molecular formula is C16H23ClN4O2S. The lowest BCUT2D eigenvalue weighted by atomic mass is 9.74. The Morgan fingerprint density at radius 1 is 1.42 bits per heavy atom. The zero-order valence-corrected chi connectivity index (χ0v) is 15.4. The third-order valence-electron chi connectivity index (χ3n) is 5.02. The van der Waals surface area contributed by atoms with Gasteiger partial charge in [0.2, 0.25) is 11.9 Å². The van der Waals surface area contributed by atoms with Gasteiger partial charge in [-0.25, -0.2) is 9.97 Å². The van der Waals surface area contributed by atoms with Gasteiger partial charge in [-0.3, -0.25) is 9.00 Å². The van der Waals surface area contributed by atoms with E-state index in [1.165, 1.54) is 0 Å². The van der Waals surface area contributed by atoms with Gasteiger partial charge in [0.15, 0.2) is 0 Å². The van der Waals surface area contributed by atoms with Crippen LogP contribution in [0.15, 0.2) is 17.3 Å². The third-order valence-corrected chi connectivity index (χ3v) is 6.24. The van der Waals surface area contributed by atoms with Gasteiger partial charge in [-0.2, -0.15) is 0 Å². The van der Waals surface area contributed by atoms with E-state index in [4.69, 9.17) is 11.6 Å². The second kappa shape index (κ2) is 7.35. The summed E-state index contributed by atoms with van der Waals surface area (Å²) in [6, 6.07) is 1.78. The number of carbonyl (C=O) groups excluding carboxylic acids is 1. The molecule has 4 unspecified atom stereocenters. The first-order valence-electron chi connectivity index (χ1n) is 8.31. The van der Waals surface area contributed by atoms with Crippen LogP contribution in [0.3, 0.4) is 0 Å². The summed E-state index contributed by atoms with van der Waals surface area (Å²) in [5.41, 5.74) is 0. The predicted octanol–water partition coefficient (Wildman–Crippen LogP) is 1.93. The average Bonchev–Trinajstić information content (AvgIpc) is 2.54. The number of nitrogens with zero attached hydrogens (tertiary/aromatic N) is 2. The molecule has 0 radical (unpaired) electrons. The first-order chi connectivity index (χ1) is 11.4. The van der Waals surface area contributed by atoms with Crippen LogP contribution in [0, 0.1) is 11.8 Å². The Bertz CT molecular complexity index is 644. The van der Waals surface area contributed by atoms with Gasteiger partial charge in [-0.05, 0) is 44.6 Å². The molecule has 0 spiro atoms. The molecule has 0 aromatic carbocycles. The van der Waals surface area contributed by atoms with Gasteiger partial charge in [0.05, 0.1) is 16.7 Å². The molecule has 6 nitrogen and oxygen atoms in total. The summed E-state index contributed by atoms with van der Waals surface area (Å²) >= 11 is 6.30. The molecule has 24 heavy (non-hydrogen) atoms. The number of halogens is 1. The van der Waals surface area contributed by atoms with Crippen LogP contribution in [-0.4, -0.2) is 43.8 Å². The second-order valence-electron chi connectivity index (χ2n) is 6.73. The molecule has 2 N–H and O–H groups in total. The van der Waals surface area contributed by atoms with E-state index in [0.29, 0.717) is 16.9 Å². The maximum atomic E-state index is 12.5. The lowest BCUT2D eigenvalue weighted by Gasteiger charge is -2.42. The number of aromatic nitrogens is 2. The molecule has 132 valence electrons. The highest BCUT2D eigenvalue weighted by molar-refractivity contribution is 7.84. The Balaban J connectivity index is 1.68. The van der Waals surface area contributed by atoms with E-state index in [1.807, 2.05) is 6.92 Å². The van der Waals surface area contributed by atoms with E-state index in [1.54, 1.807) is 18.5 Å². The summed E-state index contributed by atoms with van der Waals surface area (Å²) in [4.78, 5) is 20.9. The van der Waals surface area contributed by atoms with Crippen molar-refractivity contribution in [2.24, 2.45) is 11.8 Å². The minimum absolute atomic E-state index is 0.0829. The van der Waals surface area contributed by atoms with E-state index in [0.717, 1.165) is 25.7 Å². The third kappa shape index (κ3) is 3.88. The summed E-state index contributed by atoms with van der Waals surface area (Å²) in [6.45, 7) is 1.96. The maximum absolute atomic E-state index is 12.5. The van der Waals surface area contributed by atoms with Gasteiger partial charge in [0.1, 0.15) is 5.03 Å². The van der Waals surface area contributed by atoms with Crippen molar-refractivity contribution in [2.75, 3.05) is 11.6 Å². The summed E-state index contributed by atoms with van der Waals surface area (Å²) in [6.07, 6.45) is 6.87. The molecule has 6 atom stereocenters. The van der Waals surface area contributed by atoms with Crippen molar-refractivity contribution in [3.8, 4) is 0 Å². The molecule has 2 fully saturated rings. The number of hydrogen-bond donors (Lipinski definition) is 2. The zero-order valence-electron chi connectivity index (χ0n) is 13.9. The van der Waals surface area contributed by atoms with Crippen molar-refractivity contribution < 1.29 is 9.00 Å². The van der Waals surface area contributed by atoms with E-state index in [9.17, 15) is 9.00 Å². The summed E-state index contributed by atoms with van der Waals surface area (Å²) in [5, 5.41) is 7.04. The number of amides is 1. The Kier molecular flexibility index (Phi) is 5.39. The van der Waals surface area contributed by atoms with Crippen LogP contribution in [0.4, 0.5) is 5.95 Å². The highest BCUT2D eigenvalue weighted by Gasteiger charge is 2.41. The molecule has 1 saturated carbocycles. The van der Waals surface area contributed by atoms with Crippen molar-refractivity contribution in [3.63, 3.8) is 0 Å². The van der Waals surface area contributed by atoms with Crippen LogP contribution in [0.2, 0.25) is 0 Å². The number of carbonyl (C=O) groups is 1. The summed E-state index contributed by atoms with van der Waals surface area (Å²) in [5.74, 6) is 0.777. The average molecular weight is 371 g/mol. The smallest absolute Gasteiger partial charge is 0.225 e. The monoisotopic (exact) mass is 370 g/mol. The molecule has 1 saturated heterocycles. The number of anilines is 1. The van der Waals surface area contributed by atoms with Gasteiger partial charge in [0, 0.05) is 29.9 Å². The molecule has 0 bridgehead atoms. The lowest BCUT2D eigenvalue weighted by molar-refractivity contribution is -0.130. The molecule has 8 heteroatoms. The first-order valence-corrected chi connectivity index (χ1v) is 10.3. The second-order valence-corrected chi connectivity index (χ2v) is 8.68. The van der Waals surface area contributed by atoms with Gasteiger partial charge in [-0.15, -0.1) is 11.6 Å². The topological polar surface area (TPSA) is 84.0 Å². The maximum Gasteiger partial charge on any atom is 0.225 e. The number of nitrogens with one attached hydrogen (secondary N) is 2. The van der Waals surface area contributed by atoms with Crippen LogP contribution in [0.1, 0.15) is 32.6 Å². The van der Waals surface area contributed by atoms with Crippen molar-refractivity contribution >= 4 is 34.3 Å². The van der Waals surface area contributed by atoms with Crippen molar-refractivity contribution in [2.45, 2.75) is 55.1 Å². The van der Waals surface area contributed by atoms with Gasteiger partial charge in [0.25, 0.3) is 0 Å². The zero-order chi connectivity index (χ0) is 17.3. The molecule has 2 aliphatic rings. The number of alkyl halides is 1. The fourth-order valence-corrected chi connectivity index (χ4v) is 4.51. The number of fused-ring (bicyclic) bond motifs is 1. The molecular weight excluding hydrogens is 348 g/mol. The Morgan fingerprint density at radius 2 is 2.21 bits per heavy atom. The molecule has 1 aliphatic carbocycles. The number of piperidine rings is 1. The van der Waals surface area contributed by atoms with Crippen LogP contribution >= 0.6 is 11.6 Å². The fourth-order valence-electron chi connectivity index (χ4n) is 3.69. The van der Waals surface area contributed by atoms with Crippen molar-refractivity contribution in [1.82, 2.24) is 15.3 Å². The van der Waals surface area contributed by atoms with Crippen LogP contribution in [-0.2, 0) is 15.6 Å². The minimum atomic E-state index is -1.16. The van der Waals surface area contributed by atoms with Gasteiger partial charge < -0.3 is 10.6 Å². The highest BCUT2D eigenvalue weighted by atomic mass is 35.5. The van der Waals surface area contributed by atoms with E-state index >= 15 is 0 Å². The largest absolute Gasteiger partial charge is 0.353 e. The quantitative estimate of drug-likeness (QED) is 0.625.